The van der Waals surface area contributed by atoms with Gasteiger partial charge in [0, 0.05) is 29.7 Å². The summed E-state index contributed by atoms with van der Waals surface area (Å²) < 4.78 is 13.2. The van der Waals surface area contributed by atoms with Gasteiger partial charge >= 0.3 is 0 Å². The lowest BCUT2D eigenvalue weighted by atomic mass is 10.2. The van der Waals surface area contributed by atoms with Gasteiger partial charge in [0.05, 0.1) is 5.69 Å². The third-order valence-electron chi connectivity index (χ3n) is 3.86. The van der Waals surface area contributed by atoms with Crippen molar-refractivity contribution >= 4 is 12.2 Å². The number of nitrogens with one attached hydrogen (secondary N) is 1. The molecule has 1 N–H and O–H groups in total. The van der Waals surface area contributed by atoms with Crippen LogP contribution in [0.4, 0.5) is 4.39 Å². The lowest BCUT2D eigenvalue weighted by Gasteiger charge is -2.00. The second kappa shape index (κ2) is 7.11. The van der Waals surface area contributed by atoms with E-state index in [1.807, 2.05) is 36.4 Å². The summed E-state index contributed by atoms with van der Waals surface area (Å²) in [6.45, 7) is 0. The van der Waals surface area contributed by atoms with Gasteiger partial charge in [0.2, 0.25) is 0 Å². The molecule has 2 heterocycles. The summed E-state index contributed by atoms with van der Waals surface area (Å²) in [7, 11) is 0. The lowest BCUT2D eigenvalue weighted by Crippen LogP contribution is -1.89. The number of aromatic amines is 1. The second-order valence-corrected chi connectivity index (χ2v) is 5.72. The summed E-state index contributed by atoms with van der Waals surface area (Å²) in [5.74, 6) is 1.09. The van der Waals surface area contributed by atoms with Gasteiger partial charge in [-0.15, -0.1) is 0 Å². The van der Waals surface area contributed by atoms with Crippen LogP contribution in [0.1, 0.15) is 11.4 Å². The standard InChI is InChI=1S/C21H15FN4/c22-18-8-4-5-15(11-18)9-10-20-23-14-19(26-20)17-12-24-21(25-13-17)16-6-2-1-3-7-16/h1-14H,(H,23,26). The SMILES string of the molecule is Fc1cccc(C=Cc2nc(-c3cnc(-c4ccccc4)nc3)c[nH]2)c1. The van der Waals surface area contributed by atoms with Crippen molar-refractivity contribution in [1.29, 1.82) is 0 Å². The fourth-order valence-electron chi connectivity index (χ4n) is 2.55. The summed E-state index contributed by atoms with van der Waals surface area (Å²) in [5, 5.41) is 0. The Balaban J connectivity index is 1.52. The lowest BCUT2D eigenvalue weighted by molar-refractivity contribution is 0.627. The average Bonchev–Trinajstić information content (AvgIpc) is 3.16. The van der Waals surface area contributed by atoms with Crippen LogP contribution < -0.4 is 0 Å². The first-order valence-corrected chi connectivity index (χ1v) is 8.15. The Kier molecular flexibility index (Phi) is 4.35. The number of rotatable bonds is 4. The minimum atomic E-state index is -0.261. The molecule has 2 aromatic heterocycles. The molecule has 4 rings (SSSR count). The normalized spacial score (nSPS) is 11.1. The van der Waals surface area contributed by atoms with E-state index in [1.54, 1.807) is 36.8 Å². The second-order valence-electron chi connectivity index (χ2n) is 5.72. The van der Waals surface area contributed by atoms with Crippen LogP contribution in [0.25, 0.3) is 34.8 Å². The summed E-state index contributed by atoms with van der Waals surface area (Å²) in [6.07, 6.45) is 8.92. The summed E-state index contributed by atoms with van der Waals surface area (Å²) >= 11 is 0. The van der Waals surface area contributed by atoms with Gasteiger partial charge in [-0.05, 0) is 23.8 Å². The number of hydrogen-bond donors (Lipinski definition) is 1. The van der Waals surface area contributed by atoms with E-state index in [9.17, 15) is 4.39 Å². The first-order valence-electron chi connectivity index (χ1n) is 8.15. The number of nitrogens with zero attached hydrogens (tertiary/aromatic N) is 3. The Morgan fingerprint density at radius 1 is 0.846 bits per heavy atom. The van der Waals surface area contributed by atoms with E-state index in [0.717, 1.165) is 22.4 Å². The third kappa shape index (κ3) is 3.57. The smallest absolute Gasteiger partial charge is 0.159 e. The van der Waals surface area contributed by atoms with E-state index in [0.29, 0.717) is 11.6 Å². The van der Waals surface area contributed by atoms with Crippen molar-refractivity contribution in [2.75, 3.05) is 0 Å². The van der Waals surface area contributed by atoms with Crippen LogP contribution in [0.15, 0.2) is 73.2 Å². The number of halogens is 1. The molecule has 0 bridgehead atoms. The van der Waals surface area contributed by atoms with Gasteiger partial charge in [-0.3, -0.25) is 0 Å². The van der Waals surface area contributed by atoms with Gasteiger partial charge in [0.15, 0.2) is 5.82 Å². The highest BCUT2D eigenvalue weighted by atomic mass is 19.1. The van der Waals surface area contributed by atoms with Crippen molar-refractivity contribution < 1.29 is 4.39 Å². The molecular weight excluding hydrogens is 327 g/mol. The fraction of sp³-hybridized carbons (Fsp3) is 0. The fourth-order valence-corrected chi connectivity index (χ4v) is 2.55. The molecule has 0 atom stereocenters. The first kappa shape index (κ1) is 15.9. The van der Waals surface area contributed by atoms with Crippen LogP contribution in [0.2, 0.25) is 0 Å². The molecular formula is C21H15FN4. The van der Waals surface area contributed by atoms with Crippen LogP contribution >= 0.6 is 0 Å². The summed E-state index contributed by atoms with van der Waals surface area (Å²) in [5.41, 5.74) is 3.33. The molecule has 26 heavy (non-hydrogen) atoms. The van der Waals surface area contributed by atoms with Gasteiger partial charge in [0.25, 0.3) is 0 Å². The van der Waals surface area contributed by atoms with Crippen molar-refractivity contribution in [3.8, 4) is 22.6 Å². The molecule has 0 saturated heterocycles. The van der Waals surface area contributed by atoms with Gasteiger partial charge in [0.1, 0.15) is 11.6 Å². The Morgan fingerprint density at radius 3 is 2.42 bits per heavy atom. The highest BCUT2D eigenvalue weighted by Gasteiger charge is 2.05. The zero-order valence-corrected chi connectivity index (χ0v) is 13.8. The molecule has 4 aromatic rings. The van der Waals surface area contributed by atoms with Gasteiger partial charge < -0.3 is 4.98 Å². The minimum absolute atomic E-state index is 0.261. The van der Waals surface area contributed by atoms with Gasteiger partial charge in [-0.1, -0.05) is 48.5 Å². The number of benzene rings is 2. The van der Waals surface area contributed by atoms with Crippen molar-refractivity contribution in [2.45, 2.75) is 0 Å². The molecule has 0 aliphatic rings. The molecule has 0 amide bonds. The molecule has 0 spiro atoms. The minimum Gasteiger partial charge on any atom is -0.344 e. The predicted octanol–water partition coefficient (Wildman–Crippen LogP) is 4.84. The summed E-state index contributed by atoms with van der Waals surface area (Å²) in [6, 6.07) is 16.2. The zero-order chi connectivity index (χ0) is 17.8. The molecule has 2 aromatic carbocycles. The molecule has 4 nitrogen and oxygen atoms in total. The number of aromatic nitrogens is 4. The van der Waals surface area contributed by atoms with E-state index in [2.05, 4.69) is 19.9 Å². The van der Waals surface area contributed by atoms with E-state index >= 15 is 0 Å². The predicted molar refractivity (Wildman–Crippen MR) is 100 cm³/mol. The first-order chi connectivity index (χ1) is 12.8. The molecule has 0 unspecified atom stereocenters. The van der Waals surface area contributed by atoms with Crippen molar-refractivity contribution in [1.82, 2.24) is 19.9 Å². The number of hydrogen-bond acceptors (Lipinski definition) is 3. The summed E-state index contributed by atoms with van der Waals surface area (Å²) in [4.78, 5) is 16.4. The van der Waals surface area contributed by atoms with Crippen molar-refractivity contribution in [3.63, 3.8) is 0 Å². The maximum atomic E-state index is 13.2. The molecule has 0 aliphatic heterocycles. The average molecular weight is 342 g/mol. The molecule has 0 fully saturated rings. The van der Waals surface area contributed by atoms with E-state index < -0.39 is 0 Å². The molecule has 126 valence electrons. The highest BCUT2D eigenvalue weighted by molar-refractivity contribution is 5.68. The van der Waals surface area contributed by atoms with E-state index in [-0.39, 0.29) is 5.82 Å². The Labute approximate surface area is 150 Å². The van der Waals surface area contributed by atoms with E-state index in [1.165, 1.54) is 12.1 Å². The van der Waals surface area contributed by atoms with Crippen LogP contribution in [0.5, 0.6) is 0 Å². The quantitative estimate of drug-likeness (QED) is 0.577. The van der Waals surface area contributed by atoms with Crippen LogP contribution in [-0.2, 0) is 0 Å². The number of H-pyrrole nitrogens is 1. The third-order valence-corrected chi connectivity index (χ3v) is 3.86. The van der Waals surface area contributed by atoms with Gasteiger partial charge in [-0.2, -0.15) is 0 Å². The van der Waals surface area contributed by atoms with Crippen molar-refractivity contribution in [2.24, 2.45) is 0 Å². The Morgan fingerprint density at radius 2 is 1.65 bits per heavy atom. The Hall–Kier alpha value is -3.60. The van der Waals surface area contributed by atoms with E-state index in [4.69, 9.17) is 0 Å². The van der Waals surface area contributed by atoms with Crippen molar-refractivity contribution in [3.05, 3.63) is 90.4 Å². The molecule has 0 saturated carbocycles. The largest absolute Gasteiger partial charge is 0.344 e. The Bertz CT molecular complexity index is 1040. The van der Waals surface area contributed by atoms with Crippen LogP contribution in [0.3, 0.4) is 0 Å². The maximum absolute atomic E-state index is 13.2. The molecule has 0 aliphatic carbocycles. The highest BCUT2D eigenvalue weighted by Crippen LogP contribution is 2.19. The van der Waals surface area contributed by atoms with Crippen LogP contribution in [-0.4, -0.2) is 19.9 Å². The molecule has 0 radical (unpaired) electrons. The topological polar surface area (TPSA) is 54.5 Å². The zero-order valence-electron chi connectivity index (χ0n) is 13.8. The molecule has 5 heteroatoms. The van der Waals surface area contributed by atoms with Crippen LogP contribution in [0, 0.1) is 5.82 Å². The maximum Gasteiger partial charge on any atom is 0.159 e. The monoisotopic (exact) mass is 342 g/mol. The van der Waals surface area contributed by atoms with Gasteiger partial charge in [-0.25, -0.2) is 19.3 Å². The number of imidazole rings is 1.